The second kappa shape index (κ2) is 8.66. The zero-order chi connectivity index (χ0) is 20.3. The van der Waals surface area contributed by atoms with Crippen LogP contribution in [-0.2, 0) is 4.74 Å². The molecule has 1 fully saturated rings. The molecule has 3 rings (SSSR count). The Balaban J connectivity index is 1.88. The Hall–Kier alpha value is -2.52. The smallest absolute Gasteiger partial charge is 0.251 e. The molecular weight excluding hydrogens is 369 g/mol. The third-order valence-electron chi connectivity index (χ3n) is 4.60. The number of rotatable bonds is 5. The molecule has 7 nitrogen and oxygen atoms in total. The maximum Gasteiger partial charge on any atom is 0.251 e. The van der Waals surface area contributed by atoms with Crippen molar-refractivity contribution in [3.05, 3.63) is 59.4 Å². The van der Waals surface area contributed by atoms with Gasteiger partial charge in [0.25, 0.3) is 5.91 Å². The van der Waals surface area contributed by atoms with Crippen LogP contribution in [0.4, 0.5) is 4.39 Å². The molecule has 2 aromatic rings. The molecule has 0 spiro atoms. The highest BCUT2D eigenvalue weighted by Crippen LogP contribution is 2.36. The summed E-state index contributed by atoms with van der Waals surface area (Å²) in [6.45, 7) is -0.357. The minimum absolute atomic E-state index is 0.00431. The van der Waals surface area contributed by atoms with Crippen LogP contribution in [0, 0.1) is 5.82 Å². The summed E-state index contributed by atoms with van der Waals surface area (Å²) in [5.41, 5.74) is 0.362. The second-order valence-electron chi connectivity index (χ2n) is 6.52. The minimum Gasteiger partial charge on any atom is -0.454 e. The van der Waals surface area contributed by atoms with E-state index in [0.717, 1.165) is 0 Å². The van der Waals surface area contributed by atoms with Gasteiger partial charge < -0.3 is 30.1 Å². The van der Waals surface area contributed by atoms with Gasteiger partial charge in [0.15, 0.2) is 11.6 Å². The lowest BCUT2D eigenvalue weighted by Crippen LogP contribution is -2.44. The van der Waals surface area contributed by atoms with Crippen molar-refractivity contribution in [2.75, 3.05) is 13.7 Å². The lowest BCUT2D eigenvalue weighted by molar-refractivity contribution is -0.180. The molecule has 1 aliphatic rings. The number of halogens is 1. The summed E-state index contributed by atoms with van der Waals surface area (Å²) in [7, 11) is 1.50. The molecule has 150 valence electrons. The van der Waals surface area contributed by atoms with Gasteiger partial charge in [0.2, 0.25) is 0 Å². The number of carbonyl (C=O) groups is 1. The van der Waals surface area contributed by atoms with Gasteiger partial charge in [-0.25, -0.2) is 4.39 Å². The van der Waals surface area contributed by atoms with E-state index in [2.05, 4.69) is 5.32 Å². The average molecular weight is 391 g/mol. The lowest BCUT2D eigenvalue weighted by Gasteiger charge is -2.37. The Labute approximate surface area is 161 Å². The second-order valence-corrected chi connectivity index (χ2v) is 6.52. The maximum absolute atomic E-state index is 15.1. The predicted octanol–water partition coefficient (Wildman–Crippen LogP) is 1.52. The number of benzene rings is 2. The van der Waals surface area contributed by atoms with Crippen molar-refractivity contribution in [1.29, 1.82) is 0 Å². The Morgan fingerprint density at radius 3 is 2.75 bits per heavy atom. The zero-order valence-electron chi connectivity index (χ0n) is 15.2. The van der Waals surface area contributed by atoms with Crippen LogP contribution >= 0.6 is 0 Å². The van der Waals surface area contributed by atoms with E-state index in [4.69, 9.17) is 9.47 Å². The highest BCUT2D eigenvalue weighted by molar-refractivity contribution is 5.94. The van der Waals surface area contributed by atoms with Crippen LogP contribution in [0.3, 0.4) is 0 Å². The largest absolute Gasteiger partial charge is 0.454 e. The first-order valence-electron chi connectivity index (χ1n) is 8.85. The number of aliphatic hydroxyl groups excluding tert-OH is 3. The summed E-state index contributed by atoms with van der Waals surface area (Å²) >= 11 is 0. The van der Waals surface area contributed by atoms with E-state index in [1.165, 1.54) is 31.3 Å². The quantitative estimate of drug-likeness (QED) is 0.616. The fourth-order valence-corrected chi connectivity index (χ4v) is 3.13. The Morgan fingerprint density at radius 1 is 1.29 bits per heavy atom. The summed E-state index contributed by atoms with van der Waals surface area (Å²) in [4.78, 5) is 11.7. The molecule has 0 saturated carbocycles. The Kier molecular flexibility index (Phi) is 6.25. The van der Waals surface area contributed by atoms with Gasteiger partial charge in [-0.1, -0.05) is 18.2 Å². The van der Waals surface area contributed by atoms with E-state index in [1.54, 1.807) is 18.2 Å². The number of hydrogen-bond donors (Lipinski definition) is 4. The molecule has 0 radical (unpaired) electrons. The van der Waals surface area contributed by atoms with Crippen LogP contribution < -0.4 is 10.1 Å². The molecule has 4 atom stereocenters. The van der Waals surface area contributed by atoms with Crippen LogP contribution in [0.25, 0.3) is 0 Å². The molecule has 4 unspecified atom stereocenters. The van der Waals surface area contributed by atoms with Gasteiger partial charge in [-0.05, 0) is 24.3 Å². The number of hydrogen-bond acceptors (Lipinski definition) is 6. The van der Waals surface area contributed by atoms with Crippen molar-refractivity contribution < 1.29 is 34.0 Å². The van der Waals surface area contributed by atoms with E-state index >= 15 is 4.39 Å². The van der Waals surface area contributed by atoms with Crippen LogP contribution in [0.2, 0.25) is 0 Å². The predicted molar refractivity (Wildman–Crippen MR) is 97.6 cm³/mol. The first-order chi connectivity index (χ1) is 13.4. The van der Waals surface area contributed by atoms with E-state index in [1.807, 2.05) is 0 Å². The van der Waals surface area contributed by atoms with Gasteiger partial charge >= 0.3 is 0 Å². The summed E-state index contributed by atoms with van der Waals surface area (Å²) in [6, 6.07) is 10.6. The van der Waals surface area contributed by atoms with Crippen molar-refractivity contribution in [2.45, 2.75) is 30.8 Å². The zero-order valence-corrected chi connectivity index (χ0v) is 15.2. The first kappa shape index (κ1) is 20.2. The van der Waals surface area contributed by atoms with E-state index in [0.29, 0.717) is 5.56 Å². The highest BCUT2D eigenvalue weighted by Gasteiger charge is 2.39. The molecular formula is C20H22FNO6. The number of amides is 1. The lowest BCUT2D eigenvalue weighted by atomic mass is 9.93. The number of nitrogens with one attached hydrogen (secondary N) is 1. The molecule has 0 aliphatic carbocycles. The summed E-state index contributed by atoms with van der Waals surface area (Å²) in [5, 5.41) is 32.0. The number of ether oxygens (including phenoxy) is 2. The molecule has 28 heavy (non-hydrogen) atoms. The highest BCUT2D eigenvalue weighted by atomic mass is 19.1. The minimum atomic E-state index is -1.34. The Morgan fingerprint density at radius 2 is 2.04 bits per heavy atom. The van der Waals surface area contributed by atoms with Crippen molar-refractivity contribution in [2.24, 2.45) is 0 Å². The van der Waals surface area contributed by atoms with Gasteiger partial charge in [0.1, 0.15) is 18.0 Å². The van der Waals surface area contributed by atoms with Crippen LogP contribution in [-0.4, -0.2) is 53.2 Å². The summed E-state index contributed by atoms with van der Waals surface area (Å²) in [6.07, 6.45) is -4.30. The summed E-state index contributed by atoms with van der Waals surface area (Å²) in [5.74, 6) is -0.927. The van der Waals surface area contributed by atoms with Crippen LogP contribution in [0.15, 0.2) is 42.5 Å². The van der Waals surface area contributed by atoms with Gasteiger partial charge in [0.05, 0.1) is 18.8 Å². The fourth-order valence-electron chi connectivity index (χ4n) is 3.13. The standard InChI is InChI=1S/C20H22FNO6/c1-22-20(26)11-4-2-5-12(8-11)27-16-7-3-6-14(17(16)21)19-18(25)15(24)9-13(10-23)28-19/h2-8,13,15,18-19,23-25H,9-10H2,1H3,(H,22,26). The maximum atomic E-state index is 15.1. The SMILES string of the molecule is CNC(=O)c1cccc(Oc2cccc(C3OC(CO)CC(O)C3O)c2F)c1. The van der Waals surface area contributed by atoms with Crippen molar-refractivity contribution in [3.8, 4) is 11.5 Å². The molecule has 4 N–H and O–H groups in total. The molecule has 1 heterocycles. The average Bonchev–Trinajstić information content (AvgIpc) is 2.71. The van der Waals surface area contributed by atoms with Gasteiger partial charge in [-0.15, -0.1) is 0 Å². The number of aliphatic hydroxyl groups is 3. The van der Waals surface area contributed by atoms with E-state index < -0.39 is 30.2 Å². The third kappa shape index (κ3) is 4.15. The van der Waals surface area contributed by atoms with E-state index in [-0.39, 0.29) is 36.0 Å². The molecule has 1 saturated heterocycles. The fraction of sp³-hybridized carbons (Fsp3) is 0.350. The normalized spacial score (nSPS) is 24.6. The first-order valence-corrected chi connectivity index (χ1v) is 8.85. The van der Waals surface area contributed by atoms with Crippen molar-refractivity contribution in [3.63, 3.8) is 0 Å². The molecule has 8 heteroatoms. The van der Waals surface area contributed by atoms with Gasteiger partial charge in [-0.2, -0.15) is 0 Å². The summed E-state index contributed by atoms with van der Waals surface area (Å²) < 4.78 is 26.2. The third-order valence-corrected chi connectivity index (χ3v) is 4.60. The monoisotopic (exact) mass is 391 g/mol. The molecule has 0 aromatic heterocycles. The van der Waals surface area contributed by atoms with Crippen LogP contribution in [0.5, 0.6) is 11.5 Å². The van der Waals surface area contributed by atoms with Gasteiger partial charge in [0, 0.05) is 24.6 Å². The van der Waals surface area contributed by atoms with Crippen molar-refractivity contribution in [1.82, 2.24) is 5.32 Å². The van der Waals surface area contributed by atoms with Crippen LogP contribution in [0.1, 0.15) is 28.4 Å². The molecule has 2 aromatic carbocycles. The van der Waals surface area contributed by atoms with Gasteiger partial charge in [-0.3, -0.25) is 4.79 Å². The molecule has 1 aliphatic heterocycles. The number of carbonyl (C=O) groups excluding carboxylic acids is 1. The van der Waals surface area contributed by atoms with E-state index in [9.17, 15) is 20.1 Å². The Bertz CT molecular complexity index is 845. The molecule has 0 bridgehead atoms. The molecule has 1 amide bonds. The topological polar surface area (TPSA) is 108 Å². The van der Waals surface area contributed by atoms with Crippen molar-refractivity contribution >= 4 is 5.91 Å².